The molecule has 0 bridgehead atoms. The molecule has 2 heterocycles. The average molecular weight is 369 g/mol. The van der Waals surface area contributed by atoms with Gasteiger partial charge in [-0.2, -0.15) is 0 Å². The predicted octanol–water partition coefficient (Wildman–Crippen LogP) is 3.78. The zero-order valence-electron chi connectivity index (χ0n) is 12.7. The monoisotopic (exact) mass is 368 g/mol. The van der Waals surface area contributed by atoms with Crippen molar-refractivity contribution in [1.29, 1.82) is 0 Å². The Bertz CT molecular complexity index is 733. The third kappa shape index (κ3) is 3.94. The summed E-state index contributed by atoms with van der Waals surface area (Å²) in [5.74, 6) is 0.0560. The molecule has 5 nitrogen and oxygen atoms in total. The minimum Gasteiger partial charge on any atom is -0.355 e. The Kier molecular flexibility index (Phi) is 5.16. The van der Waals surface area contributed by atoms with E-state index in [4.69, 9.17) is 23.2 Å². The molecule has 3 rings (SSSR count). The summed E-state index contributed by atoms with van der Waals surface area (Å²) in [5.41, 5.74) is 0.498. The van der Waals surface area contributed by atoms with Crippen LogP contribution in [0.15, 0.2) is 30.3 Å². The van der Waals surface area contributed by atoms with Crippen molar-refractivity contribution in [3.63, 3.8) is 0 Å². The number of hydrogen-bond donors (Lipinski definition) is 1. The Labute approximate surface area is 148 Å². The van der Waals surface area contributed by atoms with Gasteiger partial charge in [-0.05, 0) is 43.2 Å². The summed E-state index contributed by atoms with van der Waals surface area (Å²) in [7, 11) is 0. The molecule has 1 aromatic heterocycles. The standard InChI is InChI=1S/C16H15Cl2FN4O/c17-12-9-11(1-2-13(12)19)20-16(24)10-5-7-23(8-6-10)15-4-3-14(18)21-22-15/h1-4,9-10H,5-8H2,(H,20,24). The maximum absolute atomic E-state index is 13.2. The predicted molar refractivity (Wildman–Crippen MR) is 92.0 cm³/mol. The van der Waals surface area contributed by atoms with Gasteiger partial charge in [-0.3, -0.25) is 4.79 Å². The second kappa shape index (κ2) is 7.32. The highest BCUT2D eigenvalue weighted by Gasteiger charge is 2.26. The van der Waals surface area contributed by atoms with Gasteiger partial charge in [-0.15, -0.1) is 10.2 Å². The van der Waals surface area contributed by atoms with Crippen molar-refractivity contribution in [2.75, 3.05) is 23.3 Å². The van der Waals surface area contributed by atoms with E-state index in [2.05, 4.69) is 20.4 Å². The molecule has 1 aliphatic heterocycles. The van der Waals surface area contributed by atoms with Crippen molar-refractivity contribution in [2.45, 2.75) is 12.8 Å². The van der Waals surface area contributed by atoms with E-state index in [1.807, 2.05) is 6.07 Å². The molecule has 0 spiro atoms. The molecular formula is C16H15Cl2FN4O. The summed E-state index contributed by atoms with van der Waals surface area (Å²) in [6.45, 7) is 1.41. The van der Waals surface area contributed by atoms with Crippen molar-refractivity contribution in [3.05, 3.63) is 46.3 Å². The number of aromatic nitrogens is 2. The fourth-order valence-corrected chi connectivity index (χ4v) is 2.95. The minimum absolute atomic E-state index is 0.0102. The second-order valence-electron chi connectivity index (χ2n) is 5.59. The van der Waals surface area contributed by atoms with Gasteiger partial charge in [0.15, 0.2) is 11.0 Å². The Hall–Kier alpha value is -1.92. The number of carbonyl (C=O) groups is 1. The molecule has 1 amide bonds. The number of benzene rings is 1. The van der Waals surface area contributed by atoms with E-state index in [1.165, 1.54) is 18.2 Å². The van der Waals surface area contributed by atoms with Crippen molar-refractivity contribution < 1.29 is 9.18 Å². The molecule has 0 unspecified atom stereocenters. The summed E-state index contributed by atoms with van der Waals surface area (Å²) >= 11 is 11.5. The van der Waals surface area contributed by atoms with Crippen LogP contribution in [0.25, 0.3) is 0 Å². The van der Waals surface area contributed by atoms with Crippen LogP contribution in [0, 0.1) is 11.7 Å². The van der Waals surface area contributed by atoms with Crippen LogP contribution in [0.1, 0.15) is 12.8 Å². The van der Waals surface area contributed by atoms with Gasteiger partial charge < -0.3 is 10.2 Å². The van der Waals surface area contributed by atoms with Crippen LogP contribution in [0.4, 0.5) is 15.9 Å². The van der Waals surface area contributed by atoms with Crippen molar-refractivity contribution >= 4 is 40.6 Å². The maximum atomic E-state index is 13.2. The third-order valence-electron chi connectivity index (χ3n) is 3.99. The van der Waals surface area contributed by atoms with Gasteiger partial charge in [-0.25, -0.2) is 4.39 Å². The summed E-state index contributed by atoms with van der Waals surface area (Å²) in [6, 6.07) is 7.65. The molecule has 8 heteroatoms. The number of piperidine rings is 1. The quantitative estimate of drug-likeness (QED) is 0.895. The molecular weight excluding hydrogens is 354 g/mol. The summed E-state index contributed by atoms with van der Waals surface area (Å²) < 4.78 is 13.2. The average Bonchev–Trinajstić information content (AvgIpc) is 2.59. The fraction of sp³-hybridized carbons (Fsp3) is 0.312. The van der Waals surface area contributed by atoms with E-state index in [0.717, 1.165) is 5.82 Å². The molecule has 1 N–H and O–H groups in total. The van der Waals surface area contributed by atoms with E-state index in [9.17, 15) is 9.18 Å². The van der Waals surface area contributed by atoms with Crippen LogP contribution < -0.4 is 10.2 Å². The van der Waals surface area contributed by atoms with Crippen LogP contribution in [0.3, 0.4) is 0 Å². The Morgan fingerprint density at radius 3 is 2.54 bits per heavy atom. The van der Waals surface area contributed by atoms with E-state index >= 15 is 0 Å². The lowest BCUT2D eigenvalue weighted by Gasteiger charge is -2.31. The second-order valence-corrected chi connectivity index (χ2v) is 6.39. The molecule has 126 valence electrons. The first-order valence-electron chi connectivity index (χ1n) is 7.53. The molecule has 0 atom stereocenters. The first-order chi connectivity index (χ1) is 11.5. The maximum Gasteiger partial charge on any atom is 0.227 e. The molecule has 24 heavy (non-hydrogen) atoms. The van der Waals surface area contributed by atoms with Crippen LogP contribution in [-0.2, 0) is 4.79 Å². The largest absolute Gasteiger partial charge is 0.355 e. The van der Waals surface area contributed by atoms with E-state index in [-0.39, 0.29) is 16.8 Å². The Morgan fingerprint density at radius 2 is 1.92 bits per heavy atom. The first kappa shape index (κ1) is 16.9. The summed E-state index contributed by atoms with van der Waals surface area (Å²) in [6.07, 6.45) is 1.40. The number of hydrogen-bond acceptors (Lipinski definition) is 4. The van der Waals surface area contributed by atoms with Gasteiger partial charge in [0, 0.05) is 24.7 Å². The topological polar surface area (TPSA) is 58.1 Å². The van der Waals surface area contributed by atoms with Crippen molar-refractivity contribution in [2.24, 2.45) is 5.92 Å². The highest BCUT2D eigenvalue weighted by atomic mass is 35.5. The normalized spacial score (nSPS) is 15.4. The Morgan fingerprint density at radius 1 is 1.17 bits per heavy atom. The lowest BCUT2D eigenvalue weighted by atomic mass is 9.96. The van der Waals surface area contributed by atoms with Gasteiger partial charge in [0.25, 0.3) is 0 Å². The van der Waals surface area contributed by atoms with E-state index in [0.29, 0.717) is 36.8 Å². The SMILES string of the molecule is O=C(Nc1ccc(F)c(Cl)c1)C1CCN(c2ccc(Cl)nn2)CC1. The molecule has 0 radical (unpaired) electrons. The van der Waals surface area contributed by atoms with Crippen LogP contribution in [0.2, 0.25) is 10.2 Å². The number of anilines is 2. The van der Waals surface area contributed by atoms with Crippen LogP contribution >= 0.6 is 23.2 Å². The third-order valence-corrected chi connectivity index (χ3v) is 4.49. The smallest absolute Gasteiger partial charge is 0.227 e. The van der Waals surface area contributed by atoms with Gasteiger partial charge in [0.2, 0.25) is 5.91 Å². The minimum atomic E-state index is -0.507. The summed E-state index contributed by atoms with van der Waals surface area (Å²) in [5, 5.41) is 11.0. The highest BCUT2D eigenvalue weighted by Crippen LogP contribution is 2.24. The molecule has 2 aromatic rings. The molecule has 0 saturated carbocycles. The lowest BCUT2D eigenvalue weighted by molar-refractivity contribution is -0.120. The van der Waals surface area contributed by atoms with E-state index < -0.39 is 5.82 Å². The first-order valence-corrected chi connectivity index (χ1v) is 8.28. The summed E-state index contributed by atoms with van der Waals surface area (Å²) in [4.78, 5) is 14.4. The number of rotatable bonds is 3. The molecule has 1 aromatic carbocycles. The van der Waals surface area contributed by atoms with E-state index in [1.54, 1.807) is 6.07 Å². The molecule has 1 saturated heterocycles. The number of carbonyl (C=O) groups excluding carboxylic acids is 1. The number of amides is 1. The van der Waals surface area contributed by atoms with Crippen molar-refractivity contribution in [3.8, 4) is 0 Å². The zero-order chi connectivity index (χ0) is 17.1. The lowest BCUT2D eigenvalue weighted by Crippen LogP contribution is -2.38. The molecule has 1 fully saturated rings. The van der Waals surface area contributed by atoms with Gasteiger partial charge in [-0.1, -0.05) is 23.2 Å². The molecule has 0 aliphatic carbocycles. The van der Waals surface area contributed by atoms with Gasteiger partial charge in [0.1, 0.15) is 5.82 Å². The molecule has 1 aliphatic rings. The Balaban J connectivity index is 1.56. The van der Waals surface area contributed by atoms with Crippen LogP contribution in [0.5, 0.6) is 0 Å². The van der Waals surface area contributed by atoms with Crippen molar-refractivity contribution in [1.82, 2.24) is 10.2 Å². The van der Waals surface area contributed by atoms with Gasteiger partial charge >= 0.3 is 0 Å². The number of nitrogens with one attached hydrogen (secondary N) is 1. The number of nitrogens with zero attached hydrogens (tertiary/aromatic N) is 3. The zero-order valence-corrected chi connectivity index (χ0v) is 14.2. The van der Waals surface area contributed by atoms with Gasteiger partial charge in [0.05, 0.1) is 5.02 Å². The number of halogens is 3. The fourth-order valence-electron chi connectivity index (χ4n) is 2.67. The highest BCUT2D eigenvalue weighted by molar-refractivity contribution is 6.31. The van der Waals surface area contributed by atoms with Crippen LogP contribution in [-0.4, -0.2) is 29.2 Å².